The lowest BCUT2D eigenvalue weighted by Gasteiger charge is -2.12. The van der Waals surface area contributed by atoms with Crippen LogP contribution >= 0.6 is 0 Å². The first-order valence-corrected chi connectivity index (χ1v) is 9.35. The largest absolute Gasteiger partial charge is 0.497 e. The van der Waals surface area contributed by atoms with Crippen molar-refractivity contribution in [3.63, 3.8) is 0 Å². The van der Waals surface area contributed by atoms with Crippen LogP contribution in [0.25, 0.3) is 5.69 Å². The molecule has 0 atom stereocenters. The average Bonchev–Trinajstić information content (AvgIpc) is 2.76. The molecule has 1 heterocycles. The first-order valence-electron chi connectivity index (χ1n) is 9.35. The Kier molecular flexibility index (Phi) is 6.41. The van der Waals surface area contributed by atoms with Gasteiger partial charge in [0.2, 0.25) is 5.69 Å². The van der Waals surface area contributed by atoms with Crippen molar-refractivity contribution in [3.05, 3.63) is 86.4 Å². The molecule has 1 amide bonds. The first kappa shape index (κ1) is 21.0. The summed E-state index contributed by atoms with van der Waals surface area (Å²) >= 11 is 0. The Morgan fingerprint density at radius 1 is 1.10 bits per heavy atom. The number of aromatic nitrogens is 3. The third-order valence-electron chi connectivity index (χ3n) is 4.41. The molecule has 156 valence electrons. The van der Waals surface area contributed by atoms with Gasteiger partial charge in [-0.25, -0.2) is 9.18 Å². The molecule has 0 aliphatic carbocycles. The van der Waals surface area contributed by atoms with E-state index in [4.69, 9.17) is 4.74 Å². The van der Waals surface area contributed by atoms with Gasteiger partial charge in [0, 0.05) is 13.1 Å². The van der Waals surface area contributed by atoms with Gasteiger partial charge >= 0.3 is 5.69 Å². The molecule has 0 spiro atoms. The van der Waals surface area contributed by atoms with Crippen molar-refractivity contribution in [2.24, 2.45) is 0 Å². The van der Waals surface area contributed by atoms with Crippen molar-refractivity contribution >= 4 is 5.91 Å². The number of methoxy groups -OCH3 is 1. The lowest BCUT2D eigenvalue weighted by molar-refractivity contribution is 0.0941. The van der Waals surface area contributed by atoms with Gasteiger partial charge in [0.25, 0.3) is 11.5 Å². The van der Waals surface area contributed by atoms with E-state index in [0.717, 1.165) is 9.25 Å². The van der Waals surface area contributed by atoms with Gasteiger partial charge in [-0.15, -0.1) is 0 Å². The number of amides is 1. The van der Waals surface area contributed by atoms with Gasteiger partial charge in [-0.05, 0) is 48.4 Å². The number of rotatable bonds is 7. The molecule has 2 aromatic carbocycles. The summed E-state index contributed by atoms with van der Waals surface area (Å²) < 4.78 is 20.1. The molecule has 0 fully saturated rings. The van der Waals surface area contributed by atoms with Gasteiger partial charge in [0.05, 0.1) is 12.8 Å². The van der Waals surface area contributed by atoms with Crippen LogP contribution in [0.15, 0.2) is 58.1 Å². The fourth-order valence-electron chi connectivity index (χ4n) is 2.84. The Balaban J connectivity index is 1.98. The Morgan fingerprint density at radius 3 is 2.37 bits per heavy atom. The number of carbonyl (C=O) groups excluding carboxylic acids is 1. The van der Waals surface area contributed by atoms with Crippen LogP contribution in [0, 0.1) is 5.82 Å². The van der Waals surface area contributed by atoms with E-state index in [2.05, 4.69) is 10.4 Å². The minimum atomic E-state index is -0.761. The molecule has 0 radical (unpaired) electrons. The number of nitrogens with one attached hydrogen (secondary N) is 1. The molecule has 0 unspecified atom stereocenters. The number of hydrogen-bond acceptors (Lipinski definition) is 5. The minimum absolute atomic E-state index is 0.0790. The quantitative estimate of drug-likeness (QED) is 0.639. The molecule has 0 aliphatic rings. The summed E-state index contributed by atoms with van der Waals surface area (Å²) in [5.41, 5.74) is -0.758. The van der Waals surface area contributed by atoms with Crippen LogP contribution in [0.1, 0.15) is 29.4 Å². The molecule has 8 nitrogen and oxygen atoms in total. The average molecular weight is 412 g/mol. The molecule has 1 N–H and O–H groups in total. The summed E-state index contributed by atoms with van der Waals surface area (Å²) in [6.07, 6.45) is 0.526. The van der Waals surface area contributed by atoms with E-state index >= 15 is 0 Å². The van der Waals surface area contributed by atoms with E-state index in [1.165, 1.54) is 31.4 Å². The number of halogens is 1. The molecule has 3 aromatic rings. The highest BCUT2D eigenvalue weighted by Gasteiger charge is 2.20. The van der Waals surface area contributed by atoms with Crippen LogP contribution in [0.2, 0.25) is 0 Å². The molecular formula is C21H21FN4O4. The summed E-state index contributed by atoms with van der Waals surface area (Å²) in [6.45, 7) is 2.04. The van der Waals surface area contributed by atoms with Crippen molar-refractivity contribution in [1.82, 2.24) is 19.7 Å². The second kappa shape index (κ2) is 9.17. The number of carbonyl (C=O) groups is 1. The standard InChI is InChI=1S/C21H21FN4O4/c1-3-12-25-20(28)18(19(27)23-13-14-4-6-15(22)7-5-14)24-26(21(25)29)16-8-10-17(30-2)11-9-16/h4-11H,3,12-13H2,1-2H3,(H,23,27). The fourth-order valence-corrected chi connectivity index (χ4v) is 2.84. The lowest BCUT2D eigenvalue weighted by atomic mass is 10.2. The minimum Gasteiger partial charge on any atom is -0.497 e. The smallest absolute Gasteiger partial charge is 0.352 e. The summed E-state index contributed by atoms with van der Waals surface area (Å²) in [6, 6.07) is 12.1. The zero-order chi connectivity index (χ0) is 21.7. The van der Waals surface area contributed by atoms with Gasteiger partial charge in [-0.1, -0.05) is 19.1 Å². The third-order valence-corrected chi connectivity index (χ3v) is 4.41. The SMILES string of the molecule is CCCn1c(=O)c(C(=O)NCc2ccc(F)cc2)nn(-c2ccc(OC)cc2)c1=O. The molecule has 9 heteroatoms. The van der Waals surface area contributed by atoms with E-state index in [1.54, 1.807) is 24.3 Å². The molecular weight excluding hydrogens is 391 g/mol. The lowest BCUT2D eigenvalue weighted by Crippen LogP contribution is -2.45. The topological polar surface area (TPSA) is 95.2 Å². The van der Waals surface area contributed by atoms with Crippen molar-refractivity contribution in [3.8, 4) is 11.4 Å². The second-order valence-electron chi connectivity index (χ2n) is 6.51. The number of benzene rings is 2. The predicted octanol–water partition coefficient (Wildman–Crippen LogP) is 1.88. The van der Waals surface area contributed by atoms with Crippen molar-refractivity contribution in [2.75, 3.05) is 7.11 Å². The third kappa shape index (κ3) is 4.45. The highest BCUT2D eigenvalue weighted by atomic mass is 19.1. The Morgan fingerprint density at radius 2 is 1.77 bits per heavy atom. The van der Waals surface area contributed by atoms with Crippen molar-refractivity contribution in [1.29, 1.82) is 0 Å². The van der Waals surface area contributed by atoms with Crippen molar-refractivity contribution < 1.29 is 13.9 Å². The number of ether oxygens (including phenoxy) is 1. The van der Waals surface area contributed by atoms with Crippen LogP contribution in [0.4, 0.5) is 4.39 Å². The van der Waals surface area contributed by atoms with Crippen molar-refractivity contribution in [2.45, 2.75) is 26.4 Å². The zero-order valence-electron chi connectivity index (χ0n) is 16.6. The molecule has 3 rings (SSSR count). The van der Waals surface area contributed by atoms with Gasteiger partial charge in [0.1, 0.15) is 11.6 Å². The summed E-state index contributed by atoms with van der Waals surface area (Å²) in [7, 11) is 1.52. The first-order chi connectivity index (χ1) is 14.4. The van der Waals surface area contributed by atoms with E-state index in [0.29, 0.717) is 23.4 Å². The van der Waals surface area contributed by atoms with Gasteiger partial charge in [-0.3, -0.25) is 14.2 Å². The van der Waals surface area contributed by atoms with Gasteiger partial charge in [-0.2, -0.15) is 9.78 Å². The Labute approximate surface area is 171 Å². The highest BCUT2D eigenvalue weighted by Crippen LogP contribution is 2.12. The second-order valence-corrected chi connectivity index (χ2v) is 6.51. The molecule has 0 saturated carbocycles. The maximum absolute atomic E-state index is 13.0. The molecule has 0 aliphatic heterocycles. The predicted molar refractivity (Wildman–Crippen MR) is 109 cm³/mol. The van der Waals surface area contributed by atoms with E-state index in [-0.39, 0.29) is 18.9 Å². The maximum Gasteiger partial charge on any atom is 0.352 e. The Bertz CT molecular complexity index is 1150. The van der Waals surface area contributed by atoms with Crippen LogP contribution in [-0.2, 0) is 13.1 Å². The normalized spacial score (nSPS) is 10.6. The van der Waals surface area contributed by atoms with E-state index < -0.39 is 22.9 Å². The van der Waals surface area contributed by atoms with Crippen LogP contribution in [-0.4, -0.2) is 27.4 Å². The number of nitrogens with zero attached hydrogens (tertiary/aromatic N) is 3. The van der Waals surface area contributed by atoms with Gasteiger partial charge in [0.15, 0.2) is 0 Å². The number of hydrogen-bond donors (Lipinski definition) is 1. The van der Waals surface area contributed by atoms with Crippen LogP contribution < -0.4 is 21.3 Å². The molecule has 1 aromatic heterocycles. The fraction of sp³-hybridized carbons (Fsp3) is 0.238. The zero-order valence-corrected chi connectivity index (χ0v) is 16.6. The highest BCUT2D eigenvalue weighted by molar-refractivity contribution is 5.91. The molecule has 0 saturated heterocycles. The van der Waals surface area contributed by atoms with Crippen LogP contribution in [0.3, 0.4) is 0 Å². The summed E-state index contributed by atoms with van der Waals surface area (Å²) in [5.74, 6) is -0.525. The van der Waals surface area contributed by atoms with E-state index in [9.17, 15) is 18.8 Å². The van der Waals surface area contributed by atoms with E-state index in [1.807, 2.05) is 6.92 Å². The summed E-state index contributed by atoms with van der Waals surface area (Å²) in [4.78, 5) is 38.2. The molecule has 0 bridgehead atoms. The summed E-state index contributed by atoms with van der Waals surface area (Å²) in [5, 5.41) is 6.61. The monoisotopic (exact) mass is 412 g/mol. The molecule has 30 heavy (non-hydrogen) atoms. The Hall–Kier alpha value is -3.75. The van der Waals surface area contributed by atoms with Gasteiger partial charge < -0.3 is 10.1 Å². The van der Waals surface area contributed by atoms with Crippen LogP contribution in [0.5, 0.6) is 5.75 Å². The maximum atomic E-state index is 13.0.